The summed E-state index contributed by atoms with van der Waals surface area (Å²) in [4.78, 5) is 0. The Kier molecular flexibility index (Phi) is 3.88. The number of fused-ring (bicyclic) bond motifs is 1. The van der Waals surface area contributed by atoms with Gasteiger partial charge in [0.2, 0.25) is 0 Å². The predicted octanol–water partition coefficient (Wildman–Crippen LogP) is 3.91. The Morgan fingerprint density at radius 2 is 1.95 bits per heavy atom. The third kappa shape index (κ3) is 3.06. The highest BCUT2D eigenvalue weighted by atomic mass is 19.1. The van der Waals surface area contributed by atoms with E-state index in [-0.39, 0.29) is 11.9 Å². The summed E-state index contributed by atoms with van der Waals surface area (Å²) < 4.78 is 24.7. The van der Waals surface area contributed by atoms with Crippen LogP contribution in [0.4, 0.5) is 4.39 Å². The Morgan fingerprint density at radius 1 is 1.14 bits per heavy atom. The Labute approximate surface area is 122 Å². The number of ether oxygens (including phenoxy) is 1. The number of nitrogens with one attached hydrogen (secondary N) is 1. The van der Waals surface area contributed by atoms with Gasteiger partial charge in [-0.05, 0) is 43.4 Å². The van der Waals surface area contributed by atoms with Crippen LogP contribution in [0.3, 0.4) is 0 Å². The van der Waals surface area contributed by atoms with Crippen molar-refractivity contribution in [1.82, 2.24) is 5.32 Å². The molecule has 0 saturated carbocycles. The molecular weight excluding hydrogens is 269 g/mol. The molecule has 1 atom stereocenters. The first-order valence-electron chi connectivity index (χ1n) is 6.80. The topological polar surface area (TPSA) is 34.4 Å². The maximum atomic E-state index is 13.2. The van der Waals surface area contributed by atoms with Crippen LogP contribution >= 0.6 is 0 Å². The summed E-state index contributed by atoms with van der Waals surface area (Å²) in [6.07, 6.45) is 0. The van der Waals surface area contributed by atoms with Gasteiger partial charge in [0.25, 0.3) is 0 Å². The van der Waals surface area contributed by atoms with Crippen LogP contribution in [0.15, 0.2) is 59.0 Å². The fourth-order valence-corrected chi connectivity index (χ4v) is 2.21. The van der Waals surface area contributed by atoms with Crippen LogP contribution in [0, 0.1) is 5.82 Å². The SMILES string of the molecule is CNC(COc1ccccc1)c1cc2cc(F)ccc2o1. The molecule has 1 unspecified atom stereocenters. The average Bonchev–Trinajstić information content (AvgIpc) is 2.92. The van der Waals surface area contributed by atoms with Gasteiger partial charge < -0.3 is 14.5 Å². The van der Waals surface area contributed by atoms with Crippen molar-refractivity contribution >= 4 is 11.0 Å². The highest BCUT2D eigenvalue weighted by molar-refractivity contribution is 5.78. The molecule has 1 aromatic heterocycles. The van der Waals surface area contributed by atoms with E-state index in [4.69, 9.17) is 9.15 Å². The molecule has 1 N–H and O–H groups in total. The summed E-state index contributed by atoms with van der Waals surface area (Å²) in [6, 6.07) is 15.8. The second-order valence-electron chi connectivity index (χ2n) is 4.80. The lowest BCUT2D eigenvalue weighted by Crippen LogP contribution is -2.22. The Hall–Kier alpha value is -2.33. The van der Waals surface area contributed by atoms with Crippen molar-refractivity contribution in [3.63, 3.8) is 0 Å². The van der Waals surface area contributed by atoms with E-state index in [0.29, 0.717) is 12.2 Å². The molecule has 4 heteroatoms. The third-order valence-corrected chi connectivity index (χ3v) is 3.35. The van der Waals surface area contributed by atoms with Crippen LogP contribution in [-0.4, -0.2) is 13.7 Å². The van der Waals surface area contributed by atoms with Gasteiger partial charge in [-0.3, -0.25) is 0 Å². The molecule has 21 heavy (non-hydrogen) atoms. The predicted molar refractivity (Wildman–Crippen MR) is 79.9 cm³/mol. The van der Waals surface area contributed by atoms with Gasteiger partial charge in [0.05, 0.1) is 6.04 Å². The van der Waals surface area contributed by atoms with Crippen LogP contribution in [0.2, 0.25) is 0 Å². The smallest absolute Gasteiger partial charge is 0.134 e. The van der Waals surface area contributed by atoms with Crippen molar-refractivity contribution in [1.29, 1.82) is 0 Å². The number of furan rings is 1. The van der Waals surface area contributed by atoms with Crippen molar-refractivity contribution < 1.29 is 13.5 Å². The Balaban J connectivity index is 1.78. The molecule has 0 radical (unpaired) electrons. The number of likely N-dealkylation sites (N-methyl/N-ethyl adjacent to an activating group) is 1. The lowest BCUT2D eigenvalue weighted by atomic mass is 10.2. The van der Waals surface area contributed by atoms with E-state index in [1.54, 1.807) is 6.07 Å². The molecule has 0 amide bonds. The van der Waals surface area contributed by atoms with E-state index < -0.39 is 0 Å². The quantitative estimate of drug-likeness (QED) is 0.771. The maximum Gasteiger partial charge on any atom is 0.134 e. The van der Waals surface area contributed by atoms with E-state index >= 15 is 0 Å². The molecule has 108 valence electrons. The first-order chi connectivity index (χ1) is 10.3. The maximum absolute atomic E-state index is 13.2. The van der Waals surface area contributed by atoms with Gasteiger partial charge in [0.1, 0.15) is 29.5 Å². The first-order valence-corrected chi connectivity index (χ1v) is 6.80. The number of para-hydroxylation sites is 1. The minimum absolute atomic E-state index is 0.0966. The number of halogens is 1. The summed E-state index contributed by atoms with van der Waals surface area (Å²) in [5, 5.41) is 3.91. The van der Waals surface area contributed by atoms with E-state index in [9.17, 15) is 4.39 Å². The second kappa shape index (κ2) is 5.97. The molecule has 0 fully saturated rings. The summed E-state index contributed by atoms with van der Waals surface area (Å²) in [5.74, 6) is 1.27. The van der Waals surface area contributed by atoms with Crippen molar-refractivity contribution in [2.45, 2.75) is 6.04 Å². The van der Waals surface area contributed by atoms with Crippen molar-refractivity contribution in [2.24, 2.45) is 0 Å². The van der Waals surface area contributed by atoms with E-state index in [1.165, 1.54) is 12.1 Å². The summed E-state index contributed by atoms with van der Waals surface area (Å²) in [6.45, 7) is 0.433. The molecule has 3 nitrogen and oxygen atoms in total. The standard InChI is InChI=1S/C17H16FNO2/c1-19-15(11-20-14-5-3-2-4-6-14)17-10-12-9-13(18)7-8-16(12)21-17/h2-10,15,19H,11H2,1H3. The minimum Gasteiger partial charge on any atom is -0.491 e. The molecule has 0 aliphatic carbocycles. The highest BCUT2D eigenvalue weighted by Gasteiger charge is 2.15. The number of rotatable bonds is 5. The highest BCUT2D eigenvalue weighted by Crippen LogP contribution is 2.25. The van der Waals surface area contributed by atoms with E-state index in [0.717, 1.165) is 16.9 Å². The number of hydrogen-bond donors (Lipinski definition) is 1. The molecule has 1 heterocycles. The van der Waals surface area contributed by atoms with Crippen molar-refractivity contribution in [3.05, 3.63) is 66.2 Å². The van der Waals surface area contributed by atoms with Gasteiger partial charge in [0, 0.05) is 5.39 Å². The molecule has 0 aliphatic heterocycles. The monoisotopic (exact) mass is 285 g/mol. The Morgan fingerprint density at radius 3 is 2.71 bits per heavy atom. The van der Waals surface area contributed by atoms with Crippen LogP contribution in [0.5, 0.6) is 5.75 Å². The van der Waals surface area contributed by atoms with E-state index in [1.807, 2.05) is 43.4 Å². The van der Waals surface area contributed by atoms with Crippen LogP contribution < -0.4 is 10.1 Å². The largest absolute Gasteiger partial charge is 0.491 e. The molecule has 3 rings (SSSR count). The van der Waals surface area contributed by atoms with Gasteiger partial charge in [0.15, 0.2) is 0 Å². The molecule has 0 bridgehead atoms. The fraction of sp³-hybridized carbons (Fsp3) is 0.176. The zero-order valence-corrected chi connectivity index (χ0v) is 11.7. The van der Waals surface area contributed by atoms with Gasteiger partial charge >= 0.3 is 0 Å². The molecule has 0 saturated heterocycles. The van der Waals surface area contributed by atoms with Gasteiger partial charge in [-0.2, -0.15) is 0 Å². The average molecular weight is 285 g/mol. The molecule has 2 aromatic carbocycles. The molecule has 0 spiro atoms. The van der Waals surface area contributed by atoms with E-state index in [2.05, 4.69) is 5.32 Å². The van der Waals surface area contributed by atoms with Gasteiger partial charge in [-0.25, -0.2) is 4.39 Å². The number of benzene rings is 2. The second-order valence-corrected chi connectivity index (χ2v) is 4.80. The Bertz CT molecular complexity index is 724. The zero-order valence-electron chi connectivity index (χ0n) is 11.7. The summed E-state index contributed by atoms with van der Waals surface area (Å²) in [5.41, 5.74) is 0.673. The summed E-state index contributed by atoms with van der Waals surface area (Å²) >= 11 is 0. The van der Waals surface area contributed by atoms with Crippen LogP contribution in [-0.2, 0) is 0 Å². The summed E-state index contributed by atoms with van der Waals surface area (Å²) in [7, 11) is 1.84. The van der Waals surface area contributed by atoms with Crippen LogP contribution in [0.25, 0.3) is 11.0 Å². The van der Waals surface area contributed by atoms with Crippen LogP contribution in [0.1, 0.15) is 11.8 Å². The van der Waals surface area contributed by atoms with Crippen molar-refractivity contribution in [3.8, 4) is 5.75 Å². The first kappa shape index (κ1) is 13.6. The molecule has 3 aromatic rings. The lowest BCUT2D eigenvalue weighted by Gasteiger charge is -2.14. The lowest BCUT2D eigenvalue weighted by molar-refractivity contribution is 0.256. The fourth-order valence-electron chi connectivity index (χ4n) is 2.21. The van der Waals surface area contributed by atoms with Gasteiger partial charge in [-0.15, -0.1) is 0 Å². The molecule has 0 aliphatic rings. The van der Waals surface area contributed by atoms with Crippen molar-refractivity contribution in [2.75, 3.05) is 13.7 Å². The molecular formula is C17H16FNO2. The zero-order chi connectivity index (χ0) is 14.7. The third-order valence-electron chi connectivity index (χ3n) is 3.35. The normalized spacial score (nSPS) is 12.5. The minimum atomic E-state index is -0.267. The van der Waals surface area contributed by atoms with Gasteiger partial charge in [-0.1, -0.05) is 18.2 Å². The number of hydrogen-bond acceptors (Lipinski definition) is 3.